The van der Waals surface area contributed by atoms with E-state index >= 15 is 0 Å². The standard InChI is InChI=1S/C21H26N6O7S/c22-6-7-35-11-15(23)20(29)26(31)14-9-16(19(24)28)25(10-14)21(30)18-5-4-17(34-18)12-2-1-3-13(8-12)27(32)33/h1-5,8,14-16,31H,6-7,9-11,22-23H2,(H2,24,28)/t14-,15-,16-/m0/s1. The molecule has 1 aromatic carbocycles. The maximum atomic E-state index is 13.1. The fraction of sp³-hybridized carbons (Fsp3) is 0.381. The average Bonchev–Trinajstić information content (AvgIpc) is 3.51. The molecule has 188 valence electrons. The third kappa shape index (κ3) is 5.97. The van der Waals surface area contributed by atoms with E-state index in [9.17, 15) is 29.7 Å². The Balaban J connectivity index is 1.74. The third-order valence-electron chi connectivity index (χ3n) is 5.48. The van der Waals surface area contributed by atoms with Gasteiger partial charge in [0.2, 0.25) is 5.91 Å². The van der Waals surface area contributed by atoms with E-state index in [1.54, 1.807) is 6.07 Å². The van der Waals surface area contributed by atoms with Gasteiger partial charge in [0.25, 0.3) is 17.5 Å². The summed E-state index contributed by atoms with van der Waals surface area (Å²) in [5.74, 6) is -1.32. The highest BCUT2D eigenvalue weighted by Gasteiger charge is 2.43. The summed E-state index contributed by atoms with van der Waals surface area (Å²) >= 11 is 1.36. The van der Waals surface area contributed by atoms with Crippen molar-refractivity contribution in [3.05, 3.63) is 52.3 Å². The molecule has 35 heavy (non-hydrogen) atoms. The van der Waals surface area contributed by atoms with Crippen LogP contribution in [0.5, 0.6) is 0 Å². The molecule has 7 N–H and O–H groups in total. The number of thioether (sulfide) groups is 1. The van der Waals surface area contributed by atoms with E-state index in [0.29, 0.717) is 22.9 Å². The van der Waals surface area contributed by atoms with E-state index in [1.165, 1.54) is 42.1 Å². The smallest absolute Gasteiger partial charge is 0.290 e. The zero-order valence-corrected chi connectivity index (χ0v) is 19.4. The predicted octanol–water partition coefficient (Wildman–Crippen LogP) is 0.160. The number of amides is 3. The fourth-order valence-electron chi connectivity index (χ4n) is 3.72. The summed E-state index contributed by atoms with van der Waals surface area (Å²) < 4.78 is 5.60. The van der Waals surface area contributed by atoms with Crippen LogP contribution >= 0.6 is 11.8 Å². The molecule has 13 nitrogen and oxygen atoms in total. The summed E-state index contributed by atoms with van der Waals surface area (Å²) in [7, 11) is 0. The molecule has 1 aliphatic heterocycles. The molecule has 3 rings (SSSR count). The highest BCUT2D eigenvalue weighted by atomic mass is 32.2. The van der Waals surface area contributed by atoms with Crippen LogP contribution in [0.4, 0.5) is 5.69 Å². The van der Waals surface area contributed by atoms with Crippen LogP contribution in [-0.2, 0) is 9.59 Å². The Morgan fingerprint density at radius 3 is 2.71 bits per heavy atom. The molecule has 1 aromatic heterocycles. The minimum atomic E-state index is -1.09. The van der Waals surface area contributed by atoms with Gasteiger partial charge < -0.3 is 26.5 Å². The van der Waals surface area contributed by atoms with Crippen LogP contribution in [0.25, 0.3) is 11.3 Å². The summed E-state index contributed by atoms with van der Waals surface area (Å²) in [5.41, 5.74) is 17.0. The number of carbonyl (C=O) groups excluding carboxylic acids is 3. The van der Waals surface area contributed by atoms with Gasteiger partial charge in [-0.1, -0.05) is 12.1 Å². The van der Waals surface area contributed by atoms with Gasteiger partial charge >= 0.3 is 0 Å². The summed E-state index contributed by atoms with van der Waals surface area (Å²) in [6, 6.07) is 5.55. The van der Waals surface area contributed by atoms with Crippen molar-refractivity contribution in [2.45, 2.75) is 24.5 Å². The van der Waals surface area contributed by atoms with Crippen molar-refractivity contribution in [1.29, 1.82) is 0 Å². The van der Waals surface area contributed by atoms with Crippen molar-refractivity contribution in [1.82, 2.24) is 9.96 Å². The lowest BCUT2D eigenvalue weighted by Crippen LogP contribution is -2.49. The van der Waals surface area contributed by atoms with Gasteiger partial charge in [0.15, 0.2) is 5.76 Å². The molecule has 2 heterocycles. The van der Waals surface area contributed by atoms with Gasteiger partial charge in [0.1, 0.15) is 11.8 Å². The first-order valence-corrected chi connectivity index (χ1v) is 11.8. The van der Waals surface area contributed by atoms with Gasteiger partial charge in [-0.25, -0.2) is 5.06 Å². The van der Waals surface area contributed by atoms with Gasteiger partial charge in [-0.3, -0.25) is 29.7 Å². The summed E-state index contributed by atoms with van der Waals surface area (Å²) in [4.78, 5) is 49.2. The van der Waals surface area contributed by atoms with Crippen LogP contribution in [0.15, 0.2) is 40.8 Å². The number of rotatable bonds is 10. The Hall–Kier alpha value is -3.46. The number of hydroxylamine groups is 2. The zero-order valence-electron chi connectivity index (χ0n) is 18.6. The number of hydrogen-bond acceptors (Lipinski definition) is 10. The number of primary amides is 1. The van der Waals surface area contributed by atoms with E-state index in [2.05, 4.69) is 0 Å². The van der Waals surface area contributed by atoms with Crippen LogP contribution in [-0.4, -0.2) is 80.5 Å². The molecule has 0 aliphatic carbocycles. The number of likely N-dealkylation sites (tertiary alicyclic amines) is 1. The molecule has 0 saturated carbocycles. The van der Waals surface area contributed by atoms with Crippen molar-refractivity contribution in [3.8, 4) is 11.3 Å². The molecule has 1 aliphatic rings. The SMILES string of the molecule is NCCSC[C@H](N)C(=O)N(O)[C@H]1C[C@@H](C(N)=O)N(C(=O)c2ccc(-c3cccc([N+](=O)[O-])c3)o2)C1. The van der Waals surface area contributed by atoms with E-state index in [0.717, 1.165) is 4.90 Å². The number of nitrogens with zero attached hydrogens (tertiary/aromatic N) is 3. The summed E-state index contributed by atoms with van der Waals surface area (Å²) in [6.07, 6.45) is -0.0789. The molecule has 0 radical (unpaired) electrons. The van der Waals surface area contributed by atoms with Crippen LogP contribution in [0.1, 0.15) is 17.0 Å². The van der Waals surface area contributed by atoms with Gasteiger partial charge in [-0.05, 0) is 12.1 Å². The second kappa shape index (κ2) is 11.3. The number of nitro groups is 1. The molecule has 0 bridgehead atoms. The topological polar surface area (TPSA) is 212 Å². The zero-order chi connectivity index (χ0) is 25.7. The fourth-order valence-corrected chi connectivity index (χ4v) is 4.45. The minimum absolute atomic E-state index is 0.0789. The van der Waals surface area contributed by atoms with Crippen molar-refractivity contribution < 1.29 is 28.9 Å². The second-order valence-corrected chi connectivity index (χ2v) is 9.04. The molecule has 0 spiro atoms. The molecule has 3 atom stereocenters. The van der Waals surface area contributed by atoms with Crippen molar-refractivity contribution in [2.75, 3.05) is 24.6 Å². The number of furan rings is 1. The van der Waals surface area contributed by atoms with Crippen LogP contribution in [0.2, 0.25) is 0 Å². The lowest BCUT2D eigenvalue weighted by Gasteiger charge is -2.25. The first kappa shape index (κ1) is 26.2. The predicted molar refractivity (Wildman–Crippen MR) is 126 cm³/mol. The first-order valence-electron chi connectivity index (χ1n) is 10.6. The number of nitro benzene ring substituents is 1. The third-order valence-corrected chi connectivity index (χ3v) is 6.59. The molecule has 2 aromatic rings. The van der Waals surface area contributed by atoms with Crippen LogP contribution in [0, 0.1) is 10.1 Å². The minimum Gasteiger partial charge on any atom is -0.451 e. The van der Waals surface area contributed by atoms with Gasteiger partial charge in [0, 0.05) is 48.7 Å². The molecule has 0 unspecified atom stereocenters. The van der Waals surface area contributed by atoms with E-state index in [1.807, 2.05) is 0 Å². The van der Waals surface area contributed by atoms with Crippen LogP contribution < -0.4 is 17.2 Å². The highest BCUT2D eigenvalue weighted by molar-refractivity contribution is 7.99. The lowest BCUT2D eigenvalue weighted by molar-refractivity contribution is -0.384. The Morgan fingerprint density at radius 2 is 2.06 bits per heavy atom. The van der Waals surface area contributed by atoms with Gasteiger partial charge in [0.05, 0.1) is 17.0 Å². The van der Waals surface area contributed by atoms with Crippen molar-refractivity contribution in [2.24, 2.45) is 17.2 Å². The average molecular weight is 507 g/mol. The van der Waals surface area contributed by atoms with Crippen molar-refractivity contribution >= 4 is 35.2 Å². The van der Waals surface area contributed by atoms with E-state index in [4.69, 9.17) is 21.6 Å². The van der Waals surface area contributed by atoms with Crippen molar-refractivity contribution in [3.63, 3.8) is 0 Å². The van der Waals surface area contributed by atoms with E-state index in [-0.39, 0.29) is 35.9 Å². The quantitative estimate of drug-likeness (QED) is 0.148. The van der Waals surface area contributed by atoms with Gasteiger partial charge in [-0.2, -0.15) is 11.8 Å². The molecular formula is C21H26N6O7S. The lowest BCUT2D eigenvalue weighted by atomic mass is 10.1. The summed E-state index contributed by atoms with van der Waals surface area (Å²) in [6.45, 7) is 0.244. The molecule has 1 fully saturated rings. The Kier molecular flexibility index (Phi) is 8.45. The van der Waals surface area contributed by atoms with E-state index < -0.39 is 40.8 Å². The maximum Gasteiger partial charge on any atom is 0.290 e. The monoisotopic (exact) mass is 506 g/mol. The maximum absolute atomic E-state index is 13.1. The van der Waals surface area contributed by atoms with Gasteiger partial charge in [-0.15, -0.1) is 0 Å². The normalized spacial score (nSPS) is 18.3. The van der Waals surface area contributed by atoms with Crippen LogP contribution in [0.3, 0.4) is 0 Å². The molecule has 14 heteroatoms. The Morgan fingerprint density at radius 1 is 1.31 bits per heavy atom. The number of non-ortho nitro benzene ring substituents is 1. The Bertz CT molecular complexity index is 1110. The number of nitrogens with two attached hydrogens (primary N) is 3. The largest absolute Gasteiger partial charge is 0.451 e. The number of hydrogen-bond donors (Lipinski definition) is 4. The molecule has 3 amide bonds. The number of benzene rings is 1. The molecule has 1 saturated heterocycles. The summed E-state index contributed by atoms with van der Waals surface area (Å²) in [5, 5.41) is 21.9. The Labute approximate surface area is 204 Å². The number of carbonyl (C=O) groups is 3. The molecular weight excluding hydrogens is 480 g/mol. The second-order valence-electron chi connectivity index (χ2n) is 7.89. The highest BCUT2D eigenvalue weighted by Crippen LogP contribution is 2.29. The first-order chi connectivity index (χ1) is 16.6.